The van der Waals surface area contributed by atoms with Gasteiger partial charge in [0.1, 0.15) is 0 Å². The normalized spacial score (nSPS) is 25.4. The Bertz CT molecular complexity index is 1150. The van der Waals surface area contributed by atoms with Crippen molar-refractivity contribution in [3.8, 4) is 6.07 Å². The van der Waals surface area contributed by atoms with Crippen LogP contribution in [0.5, 0.6) is 0 Å². The predicted molar refractivity (Wildman–Crippen MR) is 128 cm³/mol. The molecule has 1 aliphatic heterocycles. The van der Waals surface area contributed by atoms with Crippen molar-refractivity contribution >= 4 is 29.0 Å². The van der Waals surface area contributed by atoms with E-state index >= 15 is 0 Å². The van der Waals surface area contributed by atoms with Crippen LogP contribution in [-0.4, -0.2) is 22.4 Å². The van der Waals surface area contributed by atoms with Crippen LogP contribution in [0.15, 0.2) is 71.8 Å². The molecule has 2 aromatic carbocycles. The molecule has 2 aromatic rings. The Kier molecular flexibility index (Phi) is 5.62. The summed E-state index contributed by atoms with van der Waals surface area (Å²) in [5.74, 6) is 0. The minimum absolute atomic E-state index is 0.332. The zero-order chi connectivity index (χ0) is 23.1. The summed E-state index contributed by atoms with van der Waals surface area (Å²) in [6.07, 6.45) is 5.40. The third-order valence-corrected chi connectivity index (χ3v) is 6.92. The van der Waals surface area contributed by atoms with E-state index in [0.29, 0.717) is 46.8 Å². The summed E-state index contributed by atoms with van der Waals surface area (Å²) in [5, 5.41) is 22.5. The van der Waals surface area contributed by atoms with Gasteiger partial charge in [0, 0.05) is 27.5 Å². The molecule has 2 aliphatic rings. The van der Waals surface area contributed by atoms with E-state index in [1.54, 1.807) is 35.2 Å². The average molecular weight is 448 g/mol. The van der Waals surface area contributed by atoms with Gasteiger partial charge in [0.25, 0.3) is 0 Å². The second-order valence-corrected chi connectivity index (χ2v) is 8.98. The second-order valence-electron chi connectivity index (χ2n) is 8.54. The molecule has 0 aromatic heterocycles. The van der Waals surface area contributed by atoms with Crippen LogP contribution in [-0.2, 0) is 0 Å². The van der Waals surface area contributed by atoms with Gasteiger partial charge < -0.3 is 5.11 Å². The molecule has 1 saturated heterocycles. The number of aliphatic hydroxyl groups is 1. The van der Waals surface area contributed by atoms with E-state index in [9.17, 15) is 15.2 Å². The SMILES string of the molecule is CCC1(C)N(c2ccc(C)cc2)C(=O)N(c2ccc(Cl)cc2)C1(O)C1=CCCC(C#N)=C1. The van der Waals surface area contributed by atoms with Crippen LogP contribution >= 0.6 is 11.6 Å². The highest BCUT2D eigenvalue weighted by atomic mass is 35.5. The lowest BCUT2D eigenvalue weighted by Crippen LogP contribution is -2.61. The van der Waals surface area contributed by atoms with Crippen LogP contribution in [0.3, 0.4) is 0 Å². The first-order chi connectivity index (χ1) is 15.3. The standard InChI is InChI=1S/C26H26ClN3O2/c1-4-25(3)26(32,20-7-5-6-19(16-20)17-28)30(23-14-10-21(27)11-15-23)24(31)29(25)22-12-8-18(2)9-13-22/h7-16,32H,4-6H2,1-3H3. The predicted octanol–water partition coefficient (Wildman–Crippen LogP) is 6.12. The molecule has 1 fully saturated rings. The first-order valence-electron chi connectivity index (χ1n) is 10.8. The van der Waals surface area contributed by atoms with Crippen LogP contribution in [0.4, 0.5) is 16.2 Å². The lowest BCUT2D eigenvalue weighted by molar-refractivity contribution is 0.0307. The van der Waals surface area contributed by atoms with E-state index in [1.807, 2.05) is 51.1 Å². The maximum Gasteiger partial charge on any atom is 0.332 e. The van der Waals surface area contributed by atoms with Crippen LogP contribution < -0.4 is 9.80 Å². The number of anilines is 2. The van der Waals surface area contributed by atoms with E-state index in [2.05, 4.69) is 6.07 Å². The first kappa shape index (κ1) is 22.1. The van der Waals surface area contributed by atoms with E-state index in [0.717, 1.165) is 5.56 Å². The van der Waals surface area contributed by atoms with Gasteiger partial charge in [-0.1, -0.05) is 42.3 Å². The summed E-state index contributed by atoms with van der Waals surface area (Å²) in [6, 6.07) is 16.5. The zero-order valence-corrected chi connectivity index (χ0v) is 19.2. The number of benzene rings is 2. The molecule has 1 heterocycles. The van der Waals surface area contributed by atoms with Gasteiger partial charge in [-0.3, -0.25) is 9.80 Å². The monoisotopic (exact) mass is 447 g/mol. The number of carbonyl (C=O) groups excluding carboxylic acids is 1. The van der Waals surface area contributed by atoms with Gasteiger partial charge in [-0.05, 0) is 75.6 Å². The molecular formula is C26H26ClN3O2. The Morgan fingerprint density at radius 2 is 1.69 bits per heavy atom. The highest BCUT2D eigenvalue weighted by molar-refractivity contribution is 6.30. The fraction of sp³-hybridized carbons (Fsp3) is 0.308. The molecule has 32 heavy (non-hydrogen) atoms. The smallest absolute Gasteiger partial charge is 0.332 e. The van der Waals surface area contributed by atoms with Crippen LogP contribution in [0.1, 0.15) is 38.7 Å². The van der Waals surface area contributed by atoms with Crippen molar-refractivity contribution in [3.05, 3.63) is 82.4 Å². The number of hydrogen-bond donors (Lipinski definition) is 1. The number of nitrogens with zero attached hydrogens (tertiary/aromatic N) is 3. The molecule has 0 radical (unpaired) electrons. The molecule has 2 unspecified atom stereocenters. The summed E-state index contributed by atoms with van der Waals surface area (Å²) in [6.45, 7) is 5.85. The van der Waals surface area contributed by atoms with Gasteiger partial charge in [0.05, 0.1) is 11.6 Å². The van der Waals surface area contributed by atoms with Crippen molar-refractivity contribution in [2.24, 2.45) is 0 Å². The minimum atomic E-state index is -1.69. The number of amides is 2. The van der Waals surface area contributed by atoms with Crippen molar-refractivity contribution in [1.82, 2.24) is 0 Å². The fourth-order valence-corrected chi connectivity index (χ4v) is 4.83. The molecule has 5 nitrogen and oxygen atoms in total. The molecule has 0 spiro atoms. The average Bonchev–Trinajstić information content (AvgIpc) is 2.99. The Morgan fingerprint density at radius 1 is 1.09 bits per heavy atom. The summed E-state index contributed by atoms with van der Waals surface area (Å²) in [5.41, 5.74) is 0.781. The number of allylic oxidation sites excluding steroid dienone is 2. The molecule has 2 atom stereocenters. The van der Waals surface area contributed by atoms with E-state index in [1.165, 1.54) is 4.90 Å². The number of rotatable bonds is 4. The largest absolute Gasteiger partial charge is 0.365 e. The highest BCUT2D eigenvalue weighted by Crippen LogP contribution is 2.51. The molecule has 0 saturated carbocycles. The quantitative estimate of drug-likeness (QED) is 0.613. The van der Waals surface area contributed by atoms with Crippen LogP contribution in [0, 0.1) is 18.3 Å². The van der Waals surface area contributed by atoms with E-state index in [4.69, 9.17) is 11.6 Å². The number of urea groups is 1. The minimum Gasteiger partial charge on any atom is -0.365 e. The summed E-state index contributed by atoms with van der Waals surface area (Å²) in [4.78, 5) is 17.1. The zero-order valence-electron chi connectivity index (χ0n) is 18.5. The van der Waals surface area contributed by atoms with Crippen molar-refractivity contribution in [3.63, 3.8) is 0 Å². The molecule has 1 N–H and O–H groups in total. The topological polar surface area (TPSA) is 67.6 Å². The highest BCUT2D eigenvalue weighted by Gasteiger charge is 2.65. The van der Waals surface area contributed by atoms with Crippen molar-refractivity contribution in [2.75, 3.05) is 9.80 Å². The summed E-state index contributed by atoms with van der Waals surface area (Å²) < 4.78 is 0. The number of halogens is 1. The Morgan fingerprint density at radius 3 is 2.28 bits per heavy atom. The third kappa shape index (κ3) is 3.23. The molecule has 6 heteroatoms. The number of carbonyl (C=O) groups is 1. The summed E-state index contributed by atoms with van der Waals surface area (Å²) >= 11 is 6.10. The number of nitriles is 1. The van der Waals surface area contributed by atoms with Gasteiger partial charge in [-0.25, -0.2) is 4.79 Å². The van der Waals surface area contributed by atoms with E-state index < -0.39 is 11.3 Å². The summed E-state index contributed by atoms with van der Waals surface area (Å²) in [7, 11) is 0. The van der Waals surface area contributed by atoms with Gasteiger partial charge in [-0.15, -0.1) is 0 Å². The fourth-order valence-electron chi connectivity index (χ4n) is 4.70. The van der Waals surface area contributed by atoms with Crippen molar-refractivity contribution < 1.29 is 9.90 Å². The van der Waals surface area contributed by atoms with Crippen molar-refractivity contribution in [1.29, 1.82) is 5.26 Å². The maximum absolute atomic E-state index is 14.0. The van der Waals surface area contributed by atoms with Crippen LogP contribution in [0.25, 0.3) is 0 Å². The van der Waals surface area contributed by atoms with Crippen LogP contribution in [0.2, 0.25) is 5.02 Å². The van der Waals surface area contributed by atoms with Gasteiger partial charge in [0.15, 0.2) is 5.72 Å². The lowest BCUT2D eigenvalue weighted by atomic mass is 9.77. The maximum atomic E-state index is 14.0. The van der Waals surface area contributed by atoms with Crippen molar-refractivity contribution in [2.45, 2.75) is 51.3 Å². The van der Waals surface area contributed by atoms with E-state index in [-0.39, 0.29) is 6.03 Å². The molecule has 1 aliphatic carbocycles. The second kappa shape index (κ2) is 8.12. The Balaban J connectivity index is 1.98. The molecular weight excluding hydrogens is 422 g/mol. The van der Waals surface area contributed by atoms with Gasteiger partial charge >= 0.3 is 6.03 Å². The number of hydrogen-bond acceptors (Lipinski definition) is 3. The molecule has 0 bridgehead atoms. The Labute approximate surface area is 193 Å². The Hall–Kier alpha value is -3.07. The van der Waals surface area contributed by atoms with Gasteiger partial charge in [0.2, 0.25) is 0 Å². The lowest BCUT2D eigenvalue weighted by Gasteiger charge is -2.45. The number of aryl methyl sites for hydroxylation is 1. The molecule has 4 rings (SSSR count). The first-order valence-corrected chi connectivity index (χ1v) is 11.1. The third-order valence-electron chi connectivity index (χ3n) is 6.67. The van der Waals surface area contributed by atoms with Gasteiger partial charge in [-0.2, -0.15) is 5.26 Å². The molecule has 164 valence electrons. The molecule has 2 amide bonds.